The van der Waals surface area contributed by atoms with Crippen LogP contribution in [0.5, 0.6) is 0 Å². The fraction of sp³-hybridized carbons (Fsp3) is 0.333. The summed E-state index contributed by atoms with van der Waals surface area (Å²) in [5.74, 6) is -5.43. The first kappa shape index (κ1) is 10.2. The lowest BCUT2D eigenvalue weighted by Gasteiger charge is -2.07. The number of hydrogen-bond donors (Lipinski definition) is 0. The van der Waals surface area contributed by atoms with E-state index in [0.29, 0.717) is 4.70 Å². The molecule has 0 amide bonds. The van der Waals surface area contributed by atoms with Crippen molar-refractivity contribution in [2.24, 2.45) is 0 Å². The fourth-order valence-corrected chi connectivity index (χ4v) is 1.96. The first-order chi connectivity index (χ1) is 6.91. The molecule has 0 radical (unpaired) electrons. The number of hydrogen-bond acceptors (Lipinski definition) is 4. The van der Waals surface area contributed by atoms with Gasteiger partial charge in [-0.3, -0.25) is 4.79 Å². The van der Waals surface area contributed by atoms with E-state index in [1.165, 1.54) is 17.4 Å². The number of furan rings is 1. The molecule has 0 saturated carbocycles. The smallest absolute Gasteiger partial charge is 0.361 e. The van der Waals surface area contributed by atoms with Gasteiger partial charge in [0, 0.05) is 13.0 Å². The maximum Gasteiger partial charge on any atom is 0.361 e. The molecule has 3 nitrogen and oxygen atoms in total. The van der Waals surface area contributed by atoms with Crippen molar-refractivity contribution in [1.82, 2.24) is 4.98 Å². The highest BCUT2D eigenvalue weighted by atomic mass is 32.1. The van der Waals surface area contributed by atoms with Gasteiger partial charge in [0.15, 0.2) is 5.76 Å². The van der Waals surface area contributed by atoms with E-state index >= 15 is 0 Å². The van der Waals surface area contributed by atoms with Crippen molar-refractivity contribution >= 4 is 27.5 Å². The normalized spacial score (nSPS) is 12.3. The van der Waals surface area contributed by atoms with Crippen LogP contribution in [0, 0.1) is 6.92 Å². The van der Waals surface area contributed by atoms with Gasteiger partial charge in [0.2, 0.25) is 11.5 Å². The van der Waals surface area contributed by atoms with Crippen LogP contribution in [0.25, 0.3) is 10.4 Å². The van der Waals surface area contributed by atoms with E-state index in [1.54, 1.807) is 6.92 Å². The molecule has 0 fully saturated rings. The van der Waals surface area contributed by atoms with Gasteiger partial charge < -0.3 is 4.42 Å². The number of halogens is 2. The number of carbonyl (C=O) groups excluding carboxylic acids is 1. The average molecular weight is 231 g/mol. The van der Waals surface area contributed by atoms with Gasteiger partial charge in [-0.1, -0.05) is 0 Å². The topological polar surface area (TPSA) is 43.1 Å². The van der Waals surface area contributed by atoms with Crippen molar-refractivity contribution in [2.45, 2.75) is 19.8 Å². The van der Waals surface area contributed by atoms with Crippen molar-refractivity contribution in [1.29, 1.82) is 0 Å². The van der Waals surface area contributed by atoms with Gasteiger partial charge in [0.25, 0.3) is 0 Å². The molecule has 2 heterocycles. The summed E-state index contributed by atoms with van der Waals surface area (Å²) >= 11 is 1.25. The number of Topliss-reactive ketones (excluding diaryl/α,β-unsaturated/α-hetero) is 1. The van der Waals surface area contributed by atoms with Crippen molar-refractivity contribution in [3.63, 3.8) is 0 Å². The summed E-state index contributed by atoms with van der Waals surface area (Å²) in [5.41, 5.74) is 0.161. The molecule has 0 atom stereocenters. The summed E-state index contributed by atoms with van der Waals surface area (Å²) in [6.07, 6.45) is 0. The molecule has 0 saturated heterocycles. The number of thiazole rings is 1. The van der Waals surface area contributed by atoms with Crippen LogP contribution in [0.3, 0.4) is 0 Å². The van der Waals surface area contributed by atoms with E-state index in [4.69, 9.17) is 4.42 Å². The number of aryl methyl sites for hydroxylation is 1. The third-order valence-corrected chi connectivity index (χ3v) is 2.85. The number of fused-ring (bicyclic) bond motifs is 1. The second kappa shape index (κ2) is 3.10. The quantitative estimate of drug-likeness (QED) is 0.798. The number of aromatic nitrogens is 1. The van der Waals surface area contributed by atoms with Crippen LogP contribution in [-0.4, -0.2) is 10.8 Å². The van der Waals surface area contributed by atoms with Gasteiger partial charge in [0.05, 0.1) is 9.71 Å². The van der Waals surface area contributed by atoms with Gasteiger partial charge in [-0.15, -0.1) is 11.3 Å². The summed E-state index contributed by atoms with van der Waals surface area (Å²) < 4.78 is 31.8. The van der Waals surface area contributed by atoms with Crippen LogP contribution < -0.4 is 0 Å². The fourth-order valence-electron chi connectivity index (χ4n) is 1.17. The first-order valence-electron chi connectivity index (χ1n) is 4.17. The highest BCUT2D eigenvalue weighted by molar-refractivity contribution is 7.18. The van der Waals surface area contributed by atoms with E-state index in [2.05, 4.69) is 4.98 Å². The van der Waals surface area contributed by atoms with E-state index in [0.717, 1.165) is 11.9 Å². The molecule has 6 heteroatoms. The van der Waals surface area contributed by atoms with Crippen LogP contribution in [0.1, 0.15) is 17.7 Å². The van der Waals surface area contributed by atoms with Gasteiger partial charge in [-0.2, -0.15) is 8.78 Å². The third-order valence-electron chi connectivity index (χ3n) is 1.95. The summed E-state index contributed by atoms with van der Waals surface area (Å²) in [6.45, 7) is 2.58. The maximum atomic E-state index is 13.2. The van der Waals surface area contributed by atoms with Gasteiger partial charge >= 0.3 is 5.92 Å². The van der Waals surface area contributed by atoms with Crippen LogP contribution in [0.15, 0.2) is 10.5 Å². The Kier molecular flexibility index (Phi) is 2.11. The largest absolute Gasteiger partial charge is 0.435 e. The van der Waals surface area contributed by atoms with Crippen molar-refractivity contribution in [3.05, 3.63) is 16.8 Å². The second-order valence-corrected chi connectivity index (χ2v) is 4.38. The van der Waals surface area contributed by atoms with Crippen LogP contribution in [0.4, 0.5) is 8.78 Å². The zero-order chi connectivity index (χ0) is 11.2. The van der Waals surface area contributed by atoms with Gasteiger partial charge in [0.1, 0.15) is 0 Å². The molecule has 2 aromatic heterocycles. The second-order valence-electron chi connectivity index (χ2n) is 3.14. The molecule has 0 aliphatic carbocycles. The summed E-state index contributed by atoms with van der Waals surface area (Å²) in [5, 5.41) is 0.737. The molecular formula is C9H7F2NO2S. The Labute approximate surface area is 87.7 Å². The average Bonchev–Trinajstić information content (AvgIpc) is 2.60. The minimum atomic E-state index is -3.56. The number of alkyl halides is 2. The summed E-state index contributed by atoms with van der Waals surface area (Å²) in [6, 6.07) is 1.17. The Balaban J connectivity index is 2.54. The van der Waals surface area contributed by atoms with E-state index in [-0.39, 0.29) is 5.71 Å². The Morgan fingerprint density at radius 2 is 2.27 bits per heavy atom. The molecule has 0 spiro atoms. The van der Waals surface area contributed by atoms with E-state index in [9.17, 15) is 13.6 Å². The SMILES string of the molecule is CC(=O)C(F)(F)c1cc2sc(C)nc2o1. The minimum absolute atomic E-state index is 0.161. The van der Waals surface area contributed by atoms with E-state index < -0.39 is 17.5 Å². The molecule has 0 aromatic carbocycles. The molecule has 0 aliphatic heterocycles. The van der Waals surface area contributed by atoms with Crippen LogP contribution >= 0.6 is 11.3 Å². The predicted octanol–water partition coefficient (Wildman–Crippen LogP) is 2.88. The zero-order valence-electron chi connectivity index (χ0n) is 8.01. The summed E-state index contributed by atoms with van der Waals surface area (Å²) in [7, 11) is 0. The number of carbonyl (C=O) groups is 1. The molecule has 0 N–H and O–H groups in total. The lowest BCUT2D eigenvalue weighted by atomic mass is 10.2. The Morgan fingerprint density at radius 3 is 2.80 bits per heavy atom. The highest BCUT2D eigenvalue weighted by Crippen LogP contribution is 2.35. The summed E-state index contributed by atoms with van der Waals surface area (Å²) in [4.78, 5) is 14.6. The number of nitrogens with zero attached hydrogens (tertiary/aromatic N) is 1. The Bertz CT molecular complexity index is 498. The molecule has 0 aliphatic rings. The van der Waals surface area contributed by atoms with Crippen LogP contribution in [0.2, 0.25) is 0 Å². The Morgan fingerprint density at radius 1 is 1.60 bits per heavy atom. The molecule has 2 rings (SSSR count). The standard InChI is InChI=1S/C9H7F2NO2S/c1-4(13)9(10,11)7-3-6-8(14-7)12-5(2)15-6/h3H,1-2H3. The molecule has 2 aromatic rings. The van der Waals surface area contributed by atoms with Gasteiger partial charge in [-0.25, -0.2) is 4.98 Å². The lowest BCUT2D eigenvalue weighted by Crippen LogP contribution is -2.22. The minimum Gasteiger partial charge on any atom is -0.435 e. The number of rotatable bonds is 2. The highest BCUT2D eigenvalue weighted by Gasteiger charge is 2.41. The first-order valence-corrected chi connectivity index (χ1v) is 4.99. The molecule has 0 unspecified atom stereocenters. The molecular weight excluding hydrogens is 224 g/mol. The van der Waals surface area contributed by atoms with Crippen LogP contribution in [-0.2, 0) is 10.7 Å². The monoisotopic (exact) mass is 231 g/mol. The molecule has 80 valence electrons. The zero-order valence-corrected chi connectivity index (χ0v) is 8.82. The van der Waals surface area contributed by atoms with E-state index in [1.807, 2.05) is 0 Å². The third kappa shape index (κ3) is 1.54. The maximum absolute atomic E-state index is 13.2. The van der Waals surface area contributed by atoms with Crippen molar-refractivity contribution < 1.29 is 18.0 Å². The van der Waals surface area contributed by atoms with Crippen molar-refractivity contribution in [3.8, 4) is 0 Å². The van der Waals surface area contributed by atoms with Crippen molar-refractivity contribution in [2.75, 3.05) is 0 Å². The molecule has 15 heavy (non-hydrogen) atoms. The molecule has 0 bridgehead atoms. The number of ketones is 1. The predicted molar refractivity (Wildman–Crippen MR) is 51.2 cm³/mol. The van der Waals surface area contributed by atoms with Gasteiger partial charge in [-0.05, 0) is 6.92 Å². The Hall–Kier alpha value is -1.30. The lowest BCUT2D eigenvalue weighted by molar-refractivity contribution is -0.144.